The summed E-state index contributed by atoms with van der Waals surface area (Å²) in [5.41, 5.74) is -0.198. The van der Waals surface area contributed by atoms with Crippen molar-refractivity contribution in [1.29, 1.82) is 0 Å². The molecule has 2 rings (SSSR count). The van der Waals surface area contributed by atoms with Gasteiger partial charge in [0.15, 0.2) is 0 Å². The van der Waals surface area contributed by atoms with Crippen molar-refractivity contribution >= 4 is 28.3 Å². The Morgan fingerprint density at radius 2 is 1.71 bits per heavy atom. The van der Waals surface area contributed by atoms with Gasteiger partial charge in [-0.2, -0.15) is 0 Å². The van der Waals surface area contributed by atoms with E-state index in [1.807, 2.05) is 27.7 Å². The van der Waals surface area contributed by atoms with Gasteiger partial charge in [0.25, 0.3) is 0 Å². The molecule has 5 nitrogen and oxygen atoms in total. The van der Waals surface area contributed by atoms with Crippen LogP contribution >= 0.6 is 0 Å². The minimum atomic E-state index is -3.51. The van der Waals surface area contributed by atoms with E-state index in [2.05, 4.69) is 4.72 Å². The number of hydrogen-bond donors (Lipinski definition) is 1. The molecule has 1 aromatic carbocycles. The van der Waals surface area contributed by atoms with Crippen molar-refractivity contribution < 1.29 is 22.1 Å². The van der Waals surface area contributed by atoms with E-state index in [4.69, 9.17) is 9.31 Å². The normalized spacial score (nSPS) is 19.5. The van der Waals surface area contributed by atoms with Crippen LogP contribution in [-0.4, -0.2) is 32.5 Å². The Morgan fingerprint density at radius 3 is 2.21 bits per heavy atom. The van der Waals surface area contributed by atoms with Crippen LogP contribution in [-0.2, 0) is 19.3 Å². The highest BCUT2D eigenvalue weighted by Gasteiger charge is 2.51. The molecule has 1 aliphatic rings. The van der Waals surface area contributed by atoms with Crippen LogP contribution in [0.1, 0.15) is 46.6 Å². The fourth-order valence-corrected chi connectivity index (χ4v) is 3.59. The molecule has 1 N–H and O–H groups in total. The number of sulfonamides is 1. The molecule has 0 atom stereocenters. The highest BCUT2D eigenvalue weighted by Crippen LogP contribution is 2.36. The molecule has 0 saturated carbocycles. The molecule has 0 amide bonds. The van der Waals surface area contributed by atoms with Crippen LogP contribution < -0.4 is 10.2 Å². The summed E-state index contributed by atoms with van der Waals surface area (Å²) in [5.74, 6) is -0.522. The molecule has 0 aliphatic carbocycles. The third-order valence-corrected chi connectivity index (χ3v) is 6.11. The molecule has 1 aliphatic heterocycles. The largest absolute Gasteiger partial charge is 0.495 e. The van der Waals surface area contributed by atoms with Gasteiger partial charge in [-0.15, -0.1) is 0 Å². The Balaban J connectivity index is 2.38. The standard InChI is InChI=1S/C16H25BFNO4S/c1-7-8-24(20,21)19-14-10-12(9-13(18)11(14)2)17-22-15(3,4)16(5,6)23-17/h9-10,19H,7-8H2,1-6H3. The van der Waals surface area contributed by atoms with E-state index in [0.29, 0.717) is 11.9 Å². The van der Waals surface area contributed by atoms with E-state index in [9.17, 15) is 12.8 Å². The van der Waals surface area contributed by atoms with Crippen molar-refractivity contribution in [3.05, 3.63) is 23.5 Å². The van der Waals surface area contributed by atoms with Gasteiger partial charge in [0.05, 0.1) is 22.6 Å². The average Bonchev–Trinajstić information content (AvgIpc) is 2.63. The second-order valence-corrected chi connectivity index (χ2v) is 9.03. The average molecular weight is 357 g/mol. The van der Waals surface area contributed by atoms with Crippen LogP contribution in [0, 0.1) is 12.7 Å². The number of rotatable bonds is 5. The van der Waals surface area contributed by atoms with Crippen LogP contribution in [0.4, 0.5) is 10.1 Å². The van der Waals surface area contributed by atoms with Gasteiger partial charge in [0.2, 0.25) is 10.0 Å². The van der Waals surface area contributed by atoms with E-state index in [1.54, 1.807) is 13.0 Å². The zero-order valence-electron chi connectivity index (χ0n) is 15.1. The lowest BCUT2D eigenvalue weighted by Crippen LogP contribution is -2.41. The number of halogens is 1. The molecule has 1 heterocycles. The second kappa shape index (κ2) is 6.31. The molecule has 1 fully saturated rings. The maximum absolute atomic E-state index is 14.3. The van der Waals surface area contributed by atoms with E-state index in [1.165, 1.54) is 13.0 Å². The Kier molecular flexibility index (Phi) is 5.05. The summed E-state index contributed by atoms with van der Waals surface area (Å²) in [6, 6.07) is 2.91. The van der Waals surface area contributed by atoms with Gasteiger partial charge < -0.3 is 9.31 Å². The Labute approximate surface area is 144 Å². The molecule has 8 heteroatoms. The molecule has 134 valence electrons. The molecule has 1 saturated heterocycles. The van der Waals surface area contributed by atoms with Crippen LogP contribution in [0.3, 0.4) is 0 Å². The summed E-state index contributed by atoms with van der Waals surface area (Å²) in [6.45, 7) is 10.9. The first-order chi connectivity index (χ1) is 10.9. The van der Waals surface area contributed by atoms with E-state index < -0.39 is 34.2 Å². The minimum absolute atomic E-state index is 0.0191. The predicted molar refractivity (Wildman–Crippen MR) is 94.6 cm³/mol. The smallest absolute Gasteiger partial charge is 0.399 e. The zero-order chi connectivity index (χ0) is 18.3. The molecule has 0 bridgehead atoms. The molecule has 0 aromatic heterocycles. The molecular weight excluding hydrogens is 332 g/mol. The van der Waals surface area contributed by atoms with E-state index >= 15 is 0 Å². The number of nitrogens with one attached hydrogen (secondary N) is 1. The van der Waals surface area contributed by atoms with Crippen molar-refractivity contribution in [3.63, 3.8) is 0 Å². The van der Waals surface area contributed by atoms with Gasteiger partial charge in [-0.3, -0.25) is 4.72 Å². The van der Waals surface area contributed by atoms with Crippen molar-refractivity contribution in [3.8, 4) is 0 Å². The van der Waals surface area contributed by atoms with E-state index in [-0.39, 0.29) is 17.0 Å². The third-order valence-electron chi connectivity index (χ3n) is 4.63. The molecular formula is C16H25BFNO4S. The topological polar surface area (TPSA) is 64.6 Å². The number of hydrogen-bond acceptors (Lipinski definition) is 4. The predicted octanol–water partition coefficient (Wildman–Crippen LogP) is 2.59. The maximum atomic E-state index is 14.3. The Bertz CT molecular complexity index is 718. The lowest BCUT2D eigenvalue weighted by atomic mass is 9.78. The van der Waals surface area contributed by atoms with Crippen LogP contribution in [0.5, 0.6) is 0 Å². The van der Waals surface area contributed by atoms with Gasteiger partial charge >= 0.3 is 7.12 Å². The first-order valence-corrected chi connectivity index (χ1v) is 9.70. The van der Waals surface area contributed by atoms with Gasteiger partial charge in [-0.25, -0.2) is 12.8 Å². The van der Waals surface area contributed by atoms with Gasteiger partial charge in [-0.05, 0) is 58.6 Å². The summed E-state index contributed by atoms with van der Waals surface area (Å²) >= 11 is 0. The van der Waals surface area contributed by atoms with Crippen molar-refractivity contribution in [2.75, 3.05) is 10.5 Å². The highest BCUT2D eigenvalue weighted by atomic mass is 32.2. The monoisotopic (exact) mass is 357 g/mol. The van der Waals surface area contributed by atoms with Crippen molar-refractivity contribution in [2.24, 2.45) is 0 Å². The van der Waals surface area contributed by atoms with Crippen molar-refractivity contribution in [1.82, 2.24) is 0 Å². The Hall–Kier alpha value is -1.12. The van der Waals surface area contributed by atoms with Crippen LogP contribution in [0.25, 0.3) is 0 Å². The fourth-order valence-electron chi connectivity index (χ4n) is 2.41. The van der Waals surface area contributed by atoms with Gasteiger partial charge in [-0.1, -0.05) is 6.92 Å². The van der Waals surface area contributed by atoms with Crippen LogP contribution in [0.15, 0.2) is 12.1 Å². The summed E-state index contributed by atoms with van der Waals surface area (Å²) in [4.78, 5) is 0. The maximum Gasteiger partial charge on any atom is 0.495 e. The summed E-state index contributed by atoms with van der Waals surface area (Å²) in [7, 11) is -4.26. The van der Waals surface area contributed by atoms with Crippen molar-refractivity contribution in [2.45, 2.75) is 59.2 Å². The lowest BCUT2D eigenvalue weighted by molar-refractivity contribution is 0.00578. The first-order valence-electron chi connectivity index (χ1n) is 8.05. The number of anilines is 1. The minimum Gasteiger partial charge on any atom is -0.399 e. The van der Waals surface area contributed by atoms with Crippen LogP contribution in [0.2, 0.25) is 0 Å². The first kappa shape index (κ1) is 19.2. The Morgan fingerprint density at radius 1 is 1.17 bits per heavy atom. The molecule has 0 spiro atoms. The van der Waals surface area contributed by atoms with Gasteiger partial charge in [0.1, 0.15) is 5.82 Å². The molecule has 0 radical (unpaired) electrons. The SMILES string of the molecule is CCCS(=O)(=O)Nc1cc(B2OC(C)(C)C(C)(C)O2)cc(F)c1C. The number of benzene rings is 1. The molecule has 24 heavy (non-hydrogen) atoms. The molecule has 1 aromatic rings. The quantitative estimate of drug-likeness (QED) is 0.823. The fraction of sp³-hybridized carbons (Fsp3) is 0.625. The van der Waals surface area contributed by atoms with Gasteiger partial charge in [0, 0.05) is 5.56 Å². The van der Waals surface area contributed by atoms with E-state index in [0.717, 1.165) is 0 Å². The molecule has 0 unspecified atom stereocenters. The second-order valence-electron chi connectivity index (χ2n) is 7.18. The zero-order valence-corrected chi connectivity index (χ0v) is 15.9. The summed E-state index contributed by atoms with van der Waals surface area (Å²) in [6.07, 6.45) is 0.480. The lowest BCUT2D eigenvalue weighted by Gasteiger charge is -2.32. The summed E-state index contributed by atoms with van der Waals surface area (Å²) < 4.78 is 52.6. The summed E-state index contributed by atoms with van der Waals surface area (Å²) in [5, 5.41) is 0. The highest BCUT2D eigenvalue weighted by molar-refractivity contribution is 7.92. The third kappa shape index (κ3) is 3.76.